The summed E-state index contributed by atoms with van der Waals surface area (Å²) in [4.78, 5) is 33.5. The van der Waals surface area contributed by atoms with Crippen LogP contribution < -0.4 is 11.1 Å². The molecule has 4 rings (SSSR count). The van der Waals surface area contributed by atoms with Crippen molar-refractivity contribution in [3.63, 3.8) is 0 Å². The van der Waals surface area contributed by atoms with Crippen LogP contribution in [0.1, 0.15) is 67.5 Å². The number of likely N-dealkylation sites (tertiary alicyclic amines) is 1. The first-order chi connectivity index (χ1) is 20.2. The van der Waals surface area contributed by atoms with Crippen molar-refractivity contribution in [2.24, 2.45) is 5.73 Å². The van der Waals surface area contributed by atoms with Gasteiger partial charge in [0.1, 0.15) is 11.4 Å². The molecule has 1 aliphatic heterocycles. The Morgan fingerprint density at radius 3 is 2.30 bits per heavy atom. The minimum Gasteiger partial charge on any atom is -0.444 e. The number of nitrogens with zero attached hydrogens (tertiary/aromatic N) is 3. The summed E-state index contributed by atoms with van der Waals surface area (Å²) in [5.41, 5.74) is 6.03. The van der Waals surface area contributed by atoms with Gasteiger partial charge in [-0.1, -0.05) is 18.2 Å². The Kier molecular flexibility index (Phi) is 9.56. The van der Waals surface area contributed by atoms with Gasteiger partial charge in [-0.05, 0) is 93.3 Å². The number of halogens is 4. The third kappa shape index (κ3) is 8.89. The van der Waals surface area contributed by atoms with Crippen LogP contribution >= 0.6 is 0 Å². The number of ether oxygens (including phenoxy) is 1. The van der Waals surface area contributed by atoms with Crippen molar-refractivity contribution in [1.29, 1.82) is 0 Å². The van der Waals surface area contributed by atoms with Crippen LogP contribution in [0.25, 0.3) is 0 Å². The third-order valence-corrected chi connectivity index (χ3v) is 7.12. The van der Waals surface area contributed by atoms with Gasteiger partial charge >= 0.3 is 12.3 Å². The topological polar surface area (TPSA) is 110 Å². The molecule has 8 nitrogen and oxygen atoms in total. The van der Waals surface area contributed by atoms with E-state index in [0.717, 1.165) is 30.7 Å². The van der Waals surface area contributed by atoms with E-state index in [-0.39, 0.29) is 42.9 Å². The highest BCUT2D eigenvalue weighted by molar-refractivity contribution is 5.77. The van der Waals surface area contributed by atoms with Crippen LogP contribution in [0.4, 0.5) is 34.0 Å². The van der Waals surface area contributed by atoms with Gasteiger partial charge in [0.2, 0.25) is 11.9 Å². The maximum atomic E-state index is 13.8. The van der Waals surface area contributed by atoms with Crippen molar-refractivity contribution in [3.05, 3.63) is 82.4 Å². The van der Waals surface area contributed by atoms with Crippen LogP contribution in [0.2, 0.25) is 0 Å². The lowest BCUT2D eigenvalue weighted by Crippen LogP contribution is -2.41. The number of nitrogens with one attached hydrogen (secondary N) is 1. The second-order valence-corrected chi connectivity index (χ2v) is 11.6. The Bertz CT molecular complexity index is 1450. The van der Waals surface area contributed by atoms with Crippen LogP contribution in [0.3, 0.4) is 0 Å². The quantitative estimate of drug-likeness (QED) is 0.293. The zero-order valence-corrected chi connectivity index (χ0v) is 24.3. The zero-order chi connectivity index (χ0) is 31.4. The van der Waals surface area contributed by atoms with Gasteiger partial charge in [-0.15, -0.1) is 0 Å². The van der Waals surface area contributed by atoms with Crippen molar-refractivity contribution >= 4 is 23.6 Å². The molecular formula is C31H35F4N5O3. The molecule has 1 saturated heterocycles. The SMILES string of the molecule is CC(C)(C)OC(=O)N1CCC(c2ccc(Nc3ncc(C(F)(F)F)c(CCc4ccc(F)cc4CC(N)=O)n3)cc2)CC1. The van der Waals surface area contributed by atoms with E-state index in [1.165, 1.54) is 12.1 Å². The molecule has 0 aliphatic carbocycles. The summed E-state index contributed by atoms with van der Waals surface area (Å²) in [6, 6.07) is 11.3. The Hall–Kier alpha value is -4.22. The normalized spacial score (nSPS) is 14.4. The Balaban J connectivity index is 1.43. The molecule has 0 atom stereocenters. The van der Waals surface area contributed by atoms with E-state index in [9.17, 15) is 27.2 Å². The van der Waals surface area contributed by atoms with Gasteiger partial charge in [0.25, 0.3) is 0 Å². The van der Waals surface area contributed by atoms with Gasteiger partial charge in [0.15, 0.2) is 0 Å². The summed E-state index contributed by atoms with van der Waals surface area (Å²) in [6.45, 7) is 6.68. The average molecular weight is 602 g/mol. The Morgan fingerprint density at radius 1 is 1.02 bits per heavy atom. The van der Waals surface area contributed by atoms with E-state index in [1.807, 2.05) is 45.0 Å². The Labute approximate surface area is 247 Å². The lowest BCUT2D eigenvalue weighted by Gasteiger charge is -2.33. The highest BCUT2D eigenvalue weighted by Crippen LogP contribution is 2.33. The number of amides is 2. The standard InChI is InChI=1S/C31H35F4N5O3/c1-30(2,3)43-29(42)40-14-12-21(13-15-40)19-5-9-24(10-6-19)38-28-37-18-25(31(33,34)35)26(39-28)11-7-20-4-8-23(32)16-22(20)17-27(36)41/h4-6,8-10,16,18,21H,7,11-15,17H2,1-3H3,(H2,36,41)(H,37,38,39). The first-order valence-corrected chi connectivity index (χ1v) is 14.0. The highest BCUT2D eigenvalue weighted by atomic mass is 19.4. The van der Waals surface area contributed by atoms with Crippen molar-refractivity contribution in [2.75, 3.05) is 18.4 Å². The summed E-state index contributed by atoms with van der Waals surface area (Å²) < 4.78 is 60.5. The van der Waals surface area contributed by atoms with Gasteiger partial charge in [0.05, 0.1) is 17.7 Å². The van der Waals surface area contributed by atoms with Crippen LogP contribution in [-0.2, 0) is 35.0 Å². The number of hydrogen-bond donors (Lipinski definition) is 2. The molecule has 0 saturated carbocycles. The molecule has 0 bridgehead atoms. The van der Waals surface area contributed by atoms with Gasteiger partial charge in [0, 0.05) is 25.0 Å². The van der Waals surface area contributed by atoms with Crippen molar-refractivity contribution in [2.45, 2.75) is 70.6 Å². The molecule has 0 spiro atoms. The molecular weight excluding hydrogens is 566 g/mol. The molecule has 1 aromatic heterocycles. The number of aryl methyl sites for hydroxylation is 2. The van der Waals surface area contributed by atoms with Crippen molar-refractivity contribution in [3.8, 4) is 0 Å². The maximum Gasteiger partial charge on any atom is 0.419 e. The summed E-state index contributed by atoms with van der Waals surface area (Å²) in [7, 11) is 0. The first-order valence-electron chi connectivity index (χ1n) is 14.0. The van der Waals surface area contributed by atoms with E-state index in [2.05, 4.69) is 15.3 Å². The third-order valence-electron chi connectivity index (χ3n) is 7.12. The minimum atomic E-state index is -4.67. The molecule has 12 heteroatoms. The van der Waals surface area contributed by atoms with E-state index in [0.29, 0.717) is 29.9 Å². The monoisotopic (exact) mass is 601 g/mol. The van der Waals surface area contributed by atoms with Crippen LogP contribution in [-0.4, -0.2) is 45.6 Å². The number of carbonyl (C=O) groups excluding carboxylic acids is 2. The smallest absolute Gasteiger partial charge is 0.419 e. The summed E-state index contributed by atoms with van der Waals surface area (Å²) in [6.07, 6.45) is -2.94. The summed E-state index contributed by atoms with van der Waals surface area (Å²) in [5.74, 6) is -0.985. The molecule has 0 radical (unpaired) electrons. The summed E-state index contributed by atoms with van der Waals surface area (Å²) >= 11 is 0. The first kappa shape index (κ1) is 31.7. The molecule has 230 valence electrons. The second kappa shape index (κ2) is 13.0. The number of piperidine rings is 1. The highest BCUT2D eigenvalue weighted by Gasteiger charge is 2.35. The molecule has 43 heavy (non-hydrogen) atoms. The number of primary amides is 1. The van der Waals surface area contributed by atoms with Crippen LogP contribution in [0, 0.1) is 5.82 Å². The molecule has 2 amide bonds. The molecule has 2 heterocycles. The molecule has 3 N–H and O–H groups in total. The summed E-state index contributed by atoms with van der Waals surface area (Å²) in [5, 5.41) is 2.97. The lowest BCUT2D eigenvalue weighted by atomic mass is 9.89. The number of benzene rings is 2. The predicted molar refractivity (Wildman–Crippen MR) is 153 cm³/mol. The largest absolute Gasteiger partial charge is 0.444 e. The predicted octanol–water partition coefficient (Wildman–Crippen LogP) is 6.31. The number of alkyl halides is 3. The van der Waals surface area contributed by atoms with Crippen LogP contribution in [0.5, 0.6) is 0 Å². The number of anilines is 2. The van der Waals surface area contributed by atoms with Crippen molar-refractivity contribution in [1.82, 2.24) is 14.9 Å². The lowest BCUT2D eigenvalue weighted by molar-refractivity contribution is -0.138. The van der Waals surface area contributed by atoms with E-state index < -0.39 is 29.1 Å². The molecule has 3 aromatic rings. The van der Waals surface area contributed by atoms with Crippen molar-refractivity contribution < 1.29 is 31.9 Å². The number of nitrogens with two attached hydrogens (primary N) is 1. The van der Waals surface area contributed by atoms with Gasteiger partial charge in [-0.2, -0.15) is 13.2 Å². The zero-order valence-electron chi connectivity index (χ0n) is 24.3. The van der Waals surface area contributed by atoms with E-state index in [4.69, 9.17) is 10.5 Å². The molecule has 0 unspecified atom stereocenters. The van der Waals surface area contributed by atoms with E-state index >= 15 is 0 Å². The minimum absolute atomic E-state index is 0.00196. The fourth-order valence-corrected chi connectivity index (χ4v) is 5.04. The van der Waals surface area contributed by atoms with Crippen LogP contribution in [0.15, 0.2) is 48.7 Å². The number of hydrogen-bond acceptors (Lipinski definition) is 6. The molecule has 1 aliphatic rings. The maximum absolute atomic E-state index is 13.8. The Morgan fingerprint density at radius 2 is 1.70 bits per heavy atom. The van der Waals surface area contributed by atoms with E-state index in [1.54, 1.807) is 4.90 Å². The average Bonchev–Trinajstić information content (AvgIpc) is 2.91. The number of carbonyl (C=O) groups is 2. The molecule has 1 fully saturated rings. The number of rotatable bonds is 8. The number of aromatic nitrogens is 2. The molecule has 2 aromatic carbocycles. The fourth-order valence-electron chi connectivity index (χ4n) is 5.04. The van der Waals surface area contributed by atoms with Gasteiger partial charge < -0.3 is 20.7 Å². The van der Waals surface area contributed by atoms with Gasteiger partial charge in [-0.25, -0.2) is 19.2 Å². The fraction of sp³-hybridized carbons (Fsp3) is 0.419. The second-order valence-electron chi connectivity index (χ2n) is 11.6. The van der Waals surface area contributed by atoms with Gasteiger partial charge in [-0.3, -0.25) is 4.79 Å².